The lowest BCUT2D eigenvalue weighted by atomic mass is 10.0. The molecule has 0 unspecified atom stereocenters. The maximum atomic E-state index is 12.6. The maximum absolute atomic E-state index is 12.6. The van der Waals surface area contributed by atoms with Gasteiger partial charge in [-0.15, -0.1) is 0 Å². The molecule has 1 aliphatic rings. The Bertz CT molecular complexity index is 695. The molecule has 0 radical (unpaired) electrons. The van der Waals surface area contributed by atoms with Crippen LogP contribution in [0.4, 0.5) is 0 Å². The molecule has 4 heteroatoms. The molecule has 0 atom stereocenters. The lowest BCUT2D eigenvalue weighted by molar-refractivity contribution is -0.129. The zero-order valence-corrected chi connectivity index (χ0v) is 13.2. The van der Waals surface area contributed by atoms with Crippen molar-refractivity contribution in [3.8, 4) is 11.1 Å². The van der Waals surface area contributed by atoms with Gasteiger partial charge in [0, 0.05) is 38.7 Å². The van der Waals surface area contributed by atoms with Crippen molar-refractivity contribution in [3.63, 3.8) is 0 Å². The summed E-state index contributed by atoms with van der Waals surface area (Å²) in [5.74, 6) is 0.0902. The minimum atomic E-state index is -0.00675. The van der Waals surface area contributed by atoms with Crippen LogP contribution in [-0.4, -0.2) is 48.3 Å². The van der Waals surface area contributed by atoms with E-state index in [1.54, 1.807) is 16.8 Å². The van der Waals surface area contributed by atoms with Gasteiger partial charge in [0.05, 0.1) is 0 Å². The molecule has 0 N–H and O–H groups in total. The maximum Gasteiger partial charge on any atom is 0.253 e. The standard InChI is InChI=1S/C19H20N2O2/c1-20-13-14-21(12-11-18(20)22)19(23)17-9-7-16(8-10-17)15-5-3-2-4-6-15/h2-10H,11-14H2,1H3. The molecule has 1 heterocycles. The van der Waals surface area contributed by atoms with Crippen molar-refractivity contribution < 1.29 is 9.59 Å². The number of benzene rings is 2. The molecule has 4 nitrogen and oxygen atoms in total. The summed E-state index contributed by atoms with van der Waals surface area (Å²) in [5, 5.41) is 0. The molecule has 0 saturated carbocycles. The summed E-state index contributed by atoms with van der Waals surface area (Å²) in [5.41, 5.74) is 2.89. The minimum absolute atomic E-state index is 0.00675. The van der Waals surface area contributed by atoms with Crippen molar-refractivity contribution in [2.75, 3.05) is 26.7 Å². The number of amides is 2. The highest BCUT2D eigenvalue weighted by Gasteiger charge is 2.22. The van der Waals surface area contributed by atoms with Crippen molar-refractivity contribution in [2.45, 2.75) is 6.42 Å². The van der Waals surface area contributed by atoms with Gasteiger partial charge in [-0.1, -0.05) is 42.5 Å². The number of nitrogens with zero attached hydrogens (tertiary/aromatic N) is 2. The third-order valence-corrected chi connectivity index (χ3v) is 4.25. The molecule has 0 aromatic heterocycles. The molecule has 0 bridgehead atoms. The summed E-state index contributed by atoms with van der Waals surface area (Å²) in [4.78, 5) is 27.8. The van der Waals surface area contributed by atoms with Gasteiger partial charge in [-0.2, -0.15) is 0 Å². The van der Waals surface area contributed by atoms with Crippen LogP contribution in [0.25, 0.3) is 11.1 Å². The summed E-state index contributed by atoms with van der Waals surface area (Å²) in [6.45, 7) is 1.66. The Labute approximate surface area is 136 Å². The van der Waals surface area contributed by atoms with Gasteiger partial charge < -0.3 is 9.80 Å². The van der Waals surface area contributed by atoms with E-state index in [-0.39, 0.29) is 11.8 Å². The molecular weight excluding hydrogens is 288 g/mol. The van der Waals surface area contributed by atoms with Crippen LogP contribution >= 0.6 is 0 Å². The van der Waals surface area contributed by atoms with Crippen molar-refractivity contribution >= 4 is 11.8 Å². The van der Waals surface area contributed by atoms with Crippen LogP contribution in [0, 0.1) is 0 Å². The Morgan fingerprint density at radius 2 is 1.52 bits per heavy atom. The van der Waals surface area contributed by atoms with E-state index in [4.69, 9.17) is 0 Å². The van der Waals surface area contributed by atoms with Crippen LogP contribution in [0.5, 0.6) is 0 Å². The number of likely N-dealkylation sites (N-methyl/N-ethyl adjacent to an activating group) is 1. The molecule has 2 aromatic carbocycles. The molecule has 0 spiro atoms. The highest BCUT2D eigenvalue weighted by atomic mass is 16.2. The predicted octanol–water partition coefficient (Wildman–Crippen LogP) is 2.66. The molecular formula is C19H20N2O2. The van der Waals surface area contributed by atoms with E-state index in [1.165, 1.54) is 0 Å². The van der Waals surface area contributed by atoms with Crippen LogP contribution in [0.1, 0.15) is 16.8 Å². The van der Waals surface area contributed by atoms with E-state index in [0.29, 0.717) is 31.6 Å². The van der Waals surface area contributed by atoms with Crippen LogP contribution in [-0.2, 0) is 4.79 Å². The lowest BCUT2D eigenvalue weighted by Gasteiger charge is -2.20. The molecule has 1 saturated heterocycles. The van der Waals surface area contributed by atoms with Crippen LogP contribution in [0.2, 0.25) is 0 Å². The van der Waals surface area contributed by atoms with Crippen molar-refractivity contribution in [3.05, 3.63) is 60.2 Å². The van der Waals surface area contributed by atoms with E-state index in [9.17, 15) is 9.59 Å². The van der Waals surface area contributed by atoms with Gasteiger partial charge in [0.1, 0.15) is 0 Å². The van der Waals surface area contributed by atoms with Crippen LogP contribution in [0.3, 0.4) is 0 Å². The molecule has 0 aliphatic carbocycles. The summed E-state index contributed by atoms with van der Waals surface area (Å²) in [7, 11) is 1.78. The fraction of sp³-hybridized carbons (Fsp3) is 0.263. The zero-order valence-electron chi connectivity index (χ0n) is 13.2. The molecule has 3 rings (SSSR count). The highest BCUT2D eigenvalue weighted by Crippen LogP contribution is 2.20. The Morgan fingerprint density at radius 1 is 0.870 bits per heavy atom. The number of hydrogen-bond donors (Lipinski definition) is 0. The molecule has 23 heavy (non-hydrogen) atoms. The second-order valence-corrected chi connectivity index (χ2v) is 5.80. The van der Waals surface area contributed by atoms with Gasteiger partial charge in [-0.3, -0.25) is 9.59 Å². The summed E-state index contributed by atoms with van der Waals surface area (Å²) in [6, 6.07) is 17.7. The lowest BCUT2D eigenvalue weighted by Crippen LogP contribution is -2.34. The first kappa shape index (κ1) is 15.3. The topological polar surface area (TPSA) is 40.6 Å². The second-order valence-electron chi connectivity index (χ2n) is 5.80. The molecule has 1 aliphatic heterocycles. The van der Waals surface area contributed by atoms with Gasteiger partial charge in [-0.25, -0.2) is 0 Å². The van der Waals surface area contributed by atoms with Gasteiger partial charge >= 0.3 is 0 Å². The van der Waals surface area contributed by atoms with Crippen LogP contribution < -0.4 is 0 Å². The van der Waals surface area contributed by atoms with Crippen LogP contribution in [0.15, 0.2) is 54.6 Å². The summed E-state index contributed by atoms with van der Waals surface area (Å²) in [6.07, 6.45) is 0.393. The summed E-state index contributed by atoms with van der Waals surface area (Å²) < 4.78 is 0. The van der Waals surface area contributed by atoms with Gasteiger partial charge in [0.2, 0.25) is 5.91 Å². The number of carbonyl (C=O) groups excluding carboxylic acids is 2. The predicted molar refractivity (Wildman–Crippen MR) is 90.0 cm³/mol. The Balaban J connectivity index is 1.74. The van der Waals surface area contributed by atoms with E-state index in [0.717, 1.165) is 11.1 Å². The third-order valence-electron chi connectivity index (χ3n) is 4.25. The molecule has 1 fully saturated rings. The SMILES string of the molecule is CN1CCN(C(=O)c2ccc(-c3ccccc3)cc2)CCC1=O. The Morgan fingerprint density at radius 3 is 2.22 bits per heavy atom. The van der Waals surface area contributed by atoms with Crippen molar-refractivity contribution in [1.29, 1.82) is 0 Å². The molecule has 2 aromatic rings. The van der Waals surface area contributed by atoms with Gasteiger partial charge in [0.15, 0.2) is 0 Å². The monoisotopic (exact) mass is 308 g/mol. The Hall–Kier alpha value is -2.62. The second kappa shape index (κ2) is 6.65. The fourth-order valence-corrected chi connectivity index (χ4v) is 2.75. The quantitative estimate of drug-likeness (QED) is 0.856. The third kappa shape index (κ3) is 3.42. The Kier molecular flexibility index (Phi) is 4.42. The van der Waals surface area contributed by atoms with E-state index < -0.39 is 0 Å². The number of hydrogen-bond acceptors (Lipinski definition) is 2. The molecule has 2 amide bonds. The minimum Gasteiger partial charge on any atom is -0.344 e. The highest BCUT2D eigenvalue weighted by molar-refractivity contribution is 5.95. The van der Waals surface area contributed by atoms with E-state index in [2.05, 4.69) is 0 Å². The first-order valence-corrected chi connectivity index (χ1v) is 7.84. The number of rotatable bonds is 2. The average Bonchev–Trinajstić information content (AvgIpc) is 2.77. The smallest absolute Gasteiger partial charge is 0.253 e. The van der Waals surface area contributed by atoms with E-state index in [1.807, 2.05) is 54.6 Å². The normalized spacial score (nSPS) is 15.4. The van der Waals surface area contributed by atoms with Gasteiger partial charge in [-0.05, 0) is 23.3 Å². The van der Waals surface area contributed by atoms with Crippen molar-refractivity contribution in [1.82, 2.24) is 9.80 Å². The largest absolute Gasteiger partial charge is 0.344 e. The van der Waals surface area contributed by atoms with Gasteiger partial charge in [0.25, 0.3) is 5.91 Å². The van der Waals surface area contributed by atoms with E-state index >= 15 is 0 Å². The van der Waals surface area contributed by atoms with Crippen molar-refractivity contribution in [2.24, 2.45) is 0 Å². The average molecular weight is 308 g/mol. The zero-order chi connectivity index (χ0) is 16.2. The summed E-state index contributed by atoms with van der Waals surface area (Å²) >= 11 is 0. The first-order valence-electron chi connectivity index (χ1n) is 7.84. The fourth-order valence-electron chi connectivity index (χ4n) is 2.75. The molecule has 118 valence electrons. The first-order chi connectivity index (χ1) is 11.1. The number of carbonyl (C=O) groups is 2.